The van der Waals surface area contributed by atoms with Crippen LogP contribution in [0.3, 0.4) is 0 Å². The van der Waals surface area contributed by atoms with E-state index in [1.165, 1.54) is 0 Å². The molecule has 0 saturated carbocycles. The van der Waals surface area contributed by atoms with E-state index in [1.54, 1.807) is 42.5 Å². The summed E-state index contributed by atoms with van der Waals surface area (Å²) in [6, 6.07) is 22.0. The van der Waals surface area contributed by atoms with Gasteiger partial charge in [0, 0.05) is 29.2 Å². The molecule has 3 aromatic rings. The van der Waals surface area contributed by atoms with Crippen LogP contribution < -0.4 is 19.8 Å². The Morgan fingerprint density at radius 3 is 2.50 bits per heavy atom. The SMILES string of the molecule is COc1ccc(N2C[C@@H](C(=O)N/N=C/c3ccc(OCc4ccccc4Cl)cc3)CC2=O)cc1. The predicted molar refractivity (Wildman–Crippen MR) is 131 cm³/mol. The number of rotatable bonds is 8. The van der Waals surface area contributed by atoms with Crippen LogP contribution in [0.15, 0.2) is 77.9 Å². The molecule has 0 spiro atoms. The third-order valence-electron chi connectivity index (χ3n) is 5.50. The van der Waals surface area contributed by atoms with E-state index in [1.807, 2.05) is 48.5 Å². The van der Waals surface area contributed by atoms with Gasteiger partial charge in [0.1, 0.15) is 18.1 Å². The topological polar surface area (TPSA) is 80.2 Å². The maximum Gasteiger partial charge on any atom is 0.245 e. The second-order valence-corrected chi connectivity index (χ2v) is 8.19. The molecule has 1 fully saturated rings. The molecule has 7 nitrogen and oxygen atoms in total. The van der Waals surface area contributed by atoms with Gasteiger partial charge in [0.25, 0.3) is 0 Å². The maximum atomic E-state index is 12.5. The third kappa shape index (κ3) is 5.74. The van der Waals surface area contributed by atoms with Crippen molar-refractivity contribution in [2.75, 3.05) is 18.6 Å². The molecule has 0 aliphatic carbocycles. The molecule has 1 heterocycles. The van der Waals surface area contributed by atoms with E-state index in [9.17, 15) is 9.59 Å². The Morgan fingerprint density at radius 1 is 1.09 bits per heavy atom. The number of hydrogen-bond acceptors (Lipinski definition) is 5. The number of ether oxygens (including phenoxy) is 2. The molecule has 1 atom stereocenters. The first-order valence-electron chi connectivity index (χ1n) is 10.8. The molecule has 1 N–H and O–H groups in total. The second-order valence-electron chi connectivity index (χ2n) is 7.79. The molecule has 4 rings (SSSR count). The molecule has 0 unspecified atom stereocenters. The molecular weight excluding hydrogens is 454 g/mol. The van der Waals surface area contributed by atoms with Crippen molar-refractivity contribution in [3.63, 3.8) is 0 Å². The fraction of sp³-hybridized carbons (Fsp3) is 0.192. The summed E-state index contributed by atoms with van der Waals surface area (Å²) in [5.74, 6) is 0.553. The Bertz CT molecular complexity index is 1180. The van der Waals surface area contributed by atoms with Gasteiger partial charge in [-0.1, -0.05) is 29.8 Å². The van der Waals surface area contributed by atoms with Gasteiger partial charge in [0.2, 0.25) is 11.8 Å². The fourth-order valence-corrected chi connectivity index (χ4v) is 3.77. The highest BCUT2D eigenvalue weighted by atomic mass is 35.5. The van der Waals surface area contributed by atoms with Gasteiger partial charge in [-0.15, -0.1) is 0 Å². The largest absolute Gasteiger partial charge is 0.497 e. The number of nitrogens with one attached hydrogen (secondary N) is 1. The summed E-state index contributed by atoms with van der Waals surface area (Å²) >= 11 is 6.15. The molecule has 0 radical (unpaired) electrons. The van der Waals surface area contributed by atoms with Gasteiger partial charge in [-0.3, -0.25) is 9.59 Å². The van der Waals surface area contributed by atoms with Gasteiger partial charge in [0.05, 0.1) is 19.2 Å². The van der Waals surface area contributed by atoms with Crippen molar-refractivity contribution in [2.45, 2.75) is 13.0 Å². The average molecular weight is 478 g/mol. The molecule has 0 aromatic heterocycles. The second kappa shape index (κ2) is 10.9. The van der Waals surface area contributed by atoms with Crippen molar-refractivity contribution in [2.24, 2.45) is 11.0 Å². The van der Waals surface area contributed by atoms with E-state index in [0.717, 1.165) is 16.8 Å². The number of benzene rings is 3. The Labute approximate surface area is 202 Å². The van der Waals surface area contributed by atoms with Crippen molar-refractivity contribution in [3.05, 3.63) is 88.9 Å². The summed E-state index contributed by atoms with van der Waals surface area (Å²) < 4.78 is 10.9. The van der Waals surface area contributed by atoms with Crippen molar-refractivity contribution >= 4 is 35.3 Å². The summed E-state index contributed by atoms with van der Waals surface area (Å²) in [6.07, 6.45) is 1.69. The maximum absolute atomic E-state index is 12.5. The fourth-order valence-electron chi connectivity index (χ4n) is 3.58. The summed E-state index contributed by atoms with van der Waals surface area (Å²) in [6.45, 7) is 0.681. The molecule has 1 saturated heterocycles. The van der Waals surface area contributed by atoms with Crippen LogP contribution in [0.4, 0.5) is 5.69 Å². The van der Waals surface area contributed by atoms with Crippen LogP contribution in [0.2, 0.25) is 5.02 Å². The molecule has 1 aliphatic rings. The average Bonchev–Trinajstić information content (AvgIpc) is 3.26. The number of methoxy groups -OCH3 is 1. The lowest BCUT2D eigenvalue weighted by Gasteiger charge is -2.16. The highest BCUT2D eigenvalue weighted by Gasteiger charge is 2.35. The minimum absolute atomic E-state index is 0.0957. The first-order chi connectivity index (χ1) is 16.5. The van der Waals surface area contributed by atoms with E-state index < -0.39 is 5.92 Å². The number of carbonyl (C=O) groups excluding carboxylic acids is 2. The van der Waals surface area contributed by atoms with Crippen LogP contribution in [-0.2, 0) is 16.2 Å². The molecule has 34 heavy (non-hydrogen) atoms. The van der Waals surface area contributed by atoms with Gasteiger partial charge in [-0.05, 0) is 60.2 Å². The lowest BCUT2D eigenvalue weighted by atomic mass is 10.1. The van der Waals surface area contributed by atoms with Gasteiger partial charge < -0.3 is 14.4 Å². The van der Waals surface area contributed by atoms with Crippen LogP contribution in [0.25, 0.3) is 0 Å². The van der Waals surface area contributed by atoms with Crippen molar-refractivity contribution in [1.29, 1.82) is 0 Å². The normalized spacial score (nSPS) is 15.5. The van der Waals surface area contributed by atoms with Gasteiger partial charge in [-0.25, -0.2) is 5.43 Å². The Morgan fingerprint density at radius 2 is 1.79 bits per heavy atom. The zero-order valence-electron chi connectivity index (χ0n) is 18.6. The van der Waals surface area contributed by atoms with E-state index in [0.29, 0.717) is 29.7 Å². The van der Waals surface area contributed by atoms with E-state index in [2.05, 4.69) is 10.5 Å². The van der Waals surface area contributed by atoms with Crippen LogP contribution in [0.1, 0.15) is 17.5 Å². The van der Waals surface area contributed by atoms with Crippen molar-refractivity contribution < 1.29 is 19.1 Å². The summed E-state index contributed by atoms with van der Waals surface area (Å²) in [5, 5.41) is 4.70. The highest BCUT2D eigenvalue weighted by Crippen LogP contribution is 2.27. The smallest absolute Gasteiger partial charge is 0.245 e. The number of hydrogen-bond donors (Lipinski definition) is 1. The predicted octanol–water partition coefficient (Wildman–Crippen LogP) is 4.43. The Kier molecular flexibility index (Phi) is 7.44. The molecule has 2 amide bonds. The van der Waals surface area contributed by atoms with Crippen LogP contribution in [-0.4, -0.2) is 31.7 Å². The standard InChI is InChI=1S/C26H24ClN3O4/c1-33-22-12-8-21(9-13-22)30-16-20(14-25(30)31)26(32)29-28-15-18-6-10-23(11-7-18)34-17-19-4-2-3-5-24(19)27/h2-13,15,20H,14,16-17H2,1H3,(H,29,32)/b28-15+/t20-/m0/s1. The van der Waals surface area contributed by atoms with E-state index in [-0.39, 0.29) is 18.2 Å². The number of amides is 2. The Hall–Kier alpha value is -3.84. The lowest BCUT2D eigenvalue weighted by Crippen LogP contribution is -2.30. The zero-order chi connectivity index (χ0) is 23.9. The zero-order valence-corrected chi connectivity index (χ0v) is 19.4. The van der Waals surface area contributed by atoms with E-state index >= 15 is 0 Å². The minimum atomic E-state index is -0.465. The number of halogens is 1. The lowest BCUT2D eigenvalue weighted by molar-refractivity contribution is -0.126. The highest BCUT2D eigenvalue weighted by molar-refractivity contribution is 6.31. The van der Waals surface area contributed by atoms with E-state index in [4.69, 9.17) is 21.1 Å². The van der Waals surface area contributed by atoms with Crippen molar-refractivity contribution in [3.8, 4) is 11.5 Å². The van der Waals surface area contributed by atoms with Gasteiger partial charge in [-0.2, -0.15) is 5.10 Å². The molecule has 174 valence electrons. The van der Waals surface area contributed by atoms with Crippen LogP contribution >= 0.6 is 11.6 Å². The first kappa shape index (κ1) is 23.3. The minimum Gasteiger partial charge on any atom is -0.497 e. The number of anilines is 1. The summed E-state index contributed by atoms with van der Waals surface area (Å²) in [7, 11) is 1.58. The number of carbonyl (C=O) groups is 2. The monoisotopic (exact) mass is 477 g/mol. The molecule has 1 aliphatic heterocycles. The van der Waals surface area contributed by atoms with Crippen molar-refractivity contribution in [1.82, 2.24) is 5.43 Å². The molecule has 8 heteroatoms. The first-order valence-corrected chi connectivity index (χ1v) is 11.1. The van der Waals surface area contributed by atoms with Crippen LogP contribution in [0.5, 0.6) is 11.5 Å². The number of nitrogens with zero attached hydrogens (tertiary/aromatic N) is 2. The Balaban J connectivity index is 1.27. The summed E-state index contributed by atoms with van der Waals surface area (Å²) in [5.41, 5.74) is 4.98. The molecule has 3 aromatic carbocycles. The summed E-state index contributed by atoms with van der Waals surface area (Å²) in [4.78, 5) is 26.5. The molecular formula is C26H24ClN3O4. The third-order valence-corrected chi connectivity index (χ3v) is 5.87. The van der Waals surface area contributed by atoms with Gasteiger partial charge >= 0.3 is 0 Å². The number of hydrazone groups is 1. The quantitative estimate of drug-likeness (QED) is 0.384. The van der Waals surface area contributed by atoms with Crippen LogP contribution in [0, 0.1) is 5.92 Å². The molecule has 0 bridgehead atoms. The van der Waals surface area contributed by atoms with Gasteiger partial charge in [0.15, 0.2) is 0 Å².